The number of ether oxygens (including phenoxy) is 6. The number of hydrogen-bond donors (Lipinski definition) is 0. The van der Waals surface area contributed by atoms with Gasteiger partial charge in [0.05, 0.1) is 6.61 Å². The molecule has 0 N–H and O–H groups in total. The molecule has 160 valence electrons. The molecule has 2 spiro atoms. The molecule has 6 nitrogen and oxygen atoms in total. The number of fused-ring (bicyclic) bond motifs is 1. The number of hydrogen-bond acceptors (Lipinski definition) is 6. The molecular formula is C22H36O6. The first-order valence-corrected chi connectivity index (χ1v) is 11.7. The Labute approximate surface area is 168 Å². The fraction of sp³-hybridized carbons (Fsp3) is 1.00. The highest BCUT2D eigenvalue weighted by Gasteiger charge is 2.61. The Hall–Kier alpha value is -0.240. The predicted molar refractivity (Wildman–Crippen MR) is 102 cm³/mol. The molecule has 2 aliphatic carbocycles. The lowest BCUT2D eigenvalue weighted by atomic mass is 9.94. The summed E-state index contributed by atoms with van der Waals surface area (Å²) in [7, 11) is 0. The monoisotopic (exact) mass is 396 g/mol. The molecule has 0 radical (unpaired) electrons. The van der Waals surface area contributed by atoms with Crippen LogP contribution in [0.5, 0.6) is 0 Å². The van der Waals surface area contributed by atoms with E-state index in [4.69, 9.17) is 28.4 Å². The van der Waals surface area contributed by atoms with Gasteiger partial charge in [-0.1, -0.05) is 26.2 Å². The zero-order valence-electron chi connectivity index (χ0n) is 17.2. The Kier molecular flexibility index (Phi) is 5.72. The van der Waals surface area contributed by atoms with Crippen molar-refractivity contribution in [2.45, 2.75) is 126 Å². The highest BCUT2D eigenvalue weighted by atomic mass is 16.9. The van der Waals surface area contributed by atoms with Crippen LogP contribution in [0.4, 0.5) is 0 Å². The lowest BCUT2D eigenvalue weighted by molar-refractivity contribution is -0.262. The van der Waals surface area contributed by atoms with Crippen molar-refractivity contribution in [3.05, 3.63) is 0 Å². The molecule has 5 fully saturated rings. The summed E-state index contributed by atoms with van der Waals surface area (Å²) in [5.41, 5.74) is 0. The van der Waals surface area contributed by atoms with Crippen LogP contribution in [0.25, 0.3) is 0 Å². The van der Waals surface area contributed by atoms with Crippen molar-refractivity contribution in [3.63, 3.8) is 0 Å². The third-order valence-corrected chi connectivity index (χ3v) is 7.17. The van der Waals surface area contributed by atoms with E-state index in [1.807, 2.05) is 0 Å². The molecule has 3 aliphatic heterocycles. The second kappa shape index (κ2) is 8.12. The maximum atomic E-state index is 6.52. The van der Waals surface area contributed by atoms with Crippen LogP contribution in [0.15, 0.2) is 0 Å². The maximum absolute atomic E-state index is 6.52. The Bertz CT molecular complexity index is 527. The van der Waals surface area contributed by atoms with Gasteiger partial charge in [0, 0.05) is 32.3 Å². The summed E-state index contributed by atoms with van der Waals surface area (Å²) < 4.78 is 38.2. The van der Waals surface area contributed by atoms with Crippen molar-refractivity contribution in [1.82, 2.24) is 0 Å². The topological polar surface area (TPSA) is 55.4 Å². The van der Waals surface area contributed by atoms with Gasteiger partial charge in [0.2, 0.25) is 0 Å². The van der Waals surface area contributed by atoms with Crippen LogP contribution in [0, 0.1) is 0 Å². The molecular weight excluding hydrogens is 360 g/mol. The minimum Gasteiger partial charge on any atom is -0.372 e. The van der Waals surface area contributed by atoms with Crippen LogP contribution in [0.2, 0.25) is 0 Å². The van der Waals surface area contributed by atoms with E-state index in [1.165, 1.54) is 25.7 Å². The standard InChI is InChI=1S/C22H36O6/c1-2-3-14-23-18-17(16-15-24-21(26-16)10-6-4-7-11-21)25-20-19(18)27-22(28-20)12-8-5-9-13-22/h16-20H,2-15H2,1H3/t16-,17+,18-,19+,20-/m0/s1. The van der Waals surface area contributed by atoms with Gasteiger partial charge in [-0.25, -0.2) is 0 Å². The molecule has 0 aromatic carbocycles. The molecule has 0 bridgehead atoms. The summed E-state index contributed by atoms with van der Waals surface area (Å²) >= 11 is 0. The van der Waals surface area contributed by atoms with E-state index in [9.17, 15) is 0 Å². The minimum absolute atomic E-state index is 0.107. The number of rotatable bonds is 5. The first-order valence-electron chi connectivity index (χ1n) is 11.7. The molecule has 0 unspecified atom stereocenters. The van der Waals surface area contributed by atoms with Gasteiger partial charge < -0.3 is 28.4 Å². The quantitative estimate of drug-likeness (QED) is 0.654. The van der Waals surface area contributed by atoms with E-state index in [0.29, 0.717) is 6.61 Å². The lowest BCUT2D eigenvalue weighted by Gasteiger charge is -2.35. The van der Waals surface area contributed by atoms with E-state index < -0.39 is 11.6 Å². The zero-order valence-corrected chi connectivity index (χ0v) is 17.2. The minimum atomic E-state index is -0.456. The lowest BCUT2D eigenvalue weighted by Crippen LogP contribution is -2.46. The summed E-state index contributed by atoms with van der Waals surface area (Å²) in [5.74, 6) is -0.854. The molecule has 2 saturated carbocycles. The van der Waals surface area contributed by atoms with Gasteiger partial charge in [-0.05, 0) is 32.1 Å². The largest absolute Gasteiger partial charge is 0.372 e. The van der Waals surface area contributed by atoms with Gasteiger partial charge in [0.1, 0.15) is 24.4 Å². The van der Waals surface area contributed by atoms with E-state index in [0.717, 1.165) is 58.0 Å². The van der Waals surface area contributed by atoms with E-state index in [2.05, 4.69) is 6.92 Å². The molecule has 0 aromatic heterocycles. The Morgan fingerprint density at radius 3 is 2.25 bits per heavy atom. The van der Waals surface area contributed by atoms with Crippen LogP contribution in [0.1, 0.15) is 84.0 Å². The molecule has 0 aromatic rings. The molecule has 5 atom stereocenters. The molecule has 5 aliphatic rings. The van der Waals surface area contributed by atoms with Gasteiger partial charge in [-0.2, -0.15) is 0 Å². The van der Waals surface area contributed by atoms with E-state index in [1.54, 1.807) is 0 Å². The smallest absolute Gasteiger partial charge is 0.190 e. The van der Waals surface area contributed by atoms with Crippen LogP contribution in [0.3, 0.4) is 0 Å². The zero-order chi connectivity index (χ0) is 19.0. The fourth-order valence-corrected chi connectivity index (χ4v) is 5.63. The third-order valence-electron chi connectivity index (χ3n) is 7.17. The summed E-state index contributed by atoms with van der Waals surface area (Å²) in [5, 5.41) is 0. The highest BCUT2D eigenvalue weighted by molar-refractivity contribution is 5.01. The SMILES string of the molecule is CCCCO[C@@H]1[C@H]2OC3(CCCCC3)O[C@@H]2O[C@@H]1[C@@H]1COC2(CCCCC2)O1. The Balaban J connectivity index is 1.28. The summed E-state index contributed by atoms with van der Waals surface area (Å²) in [6, 6.07) is 0. The molecule has 28 heavy (non-hydrogen) atoms. The van der Waals surface area contributed by atoms with E-state index >= 15 is 0 Å². The van der Waals surface area contributed by atoms with Crippen LogP contribution in [-0.2, 0) is 28.4 Å². The third kappa shape index (κ3) is 3.65. The van der Waals surface area contributed by atoms with Gasteiger partial charge in [0.15, 0.2) is 17.9 Å². The Morgan fingerprint density at radius 2 is 1.54 bits per heavy atom. The van der Waals surface area contributed by atoms with Crippen molar-refractivity contribution in [2.75, 3.05) is 13.2 Å². The second-order valence-corrected chi connectivity index (χ2v) is 9.27. The van der Waals surface area contributed by atoms with Crippen molar-refractivity contribution in [2.24, 2.45) is 0 Å². The summed E-state index contributed by atoms with van der Waals surface area (Å²) in [6.45, 7) is 3.48. The molecule has 0 amide bonds. The van der Waals surface area contributed by atoms with Crippen LogP contribution in [-0.4, -0.2) is 55.5 Å². The Morgan fingerprint density at radius 1 is 0.821 bits per heavy atom. The van der Waals surface area contributed by atoms with Crippen LogP contribution >= 0.6 is 0 Å². The molecule has 3 saturated heterocycles. The van der Waals surface area contributed by atoms with E-state index in [-0.39, 0.29) is 30.7 Å². The van der Waals surface area contributed by atoms with Gasteiger partial charge in [-0.15, -0.1) is 0 Å². The first kappa shape index (κ1) is 19.7. The van der Waals surface area contributed by atoms with Crippen molar-refractivity contribution in [3.8, 4) is 0 Å². The molecule has 5 rings (SSSR count). The summed E-state index contributed by atoms with van der Waals surface area (Å²) in [6.07, 6.45) is 12.3. The van der Waals surface area contributed by atoms with Crippen molar-refractivity contribution >= 4 is 0 Å². The summed E-state index contributed by atoms with van der Waals surface area (Å²) in [4.78, 5) is 0. The normalized spacial score (nSPS) is 41.7. The molecule has 3 heterocycles. The second-order valence-electron chi connectivity index (χ2n) is 9.27. The van der Waals surface area contributed by atoms with Gasteiger partial charge >= 0.3 is 0 Å². The first-order chi connectivity index (χ1) is 13.7. The predicted octanol–water partition coefficient (Wildman–Crippen LogP) is 4.05. The van der Waals surface area contributed by atoms with Gasteiger partial charge in [-0.3, -0.25) is 0 Å². The number of unbranched alkanes of at least 4 members (excludes halogenated alkanes) is 1. The average molecular weight is 397 g/mol. The van der Waals surface area contributed by atoms with Crippen LogP contribution < -0.4 is 0 Å². The van der Waals surface area contributed by atoms with Crippen molar-refractivity contribution in [1.29, 1.82) is 0 Å². The fourth-order valence-electron chi connectivity index (χ4n) is 5.63. The maximum Gasteiger partial charge on any atom is 0.190 e. The molecule has 6 heteroatoms. The van der Waals surface area contributed by atoms with Gasteiger partial charge in [0.25, 0.3) is 0 Å². The van der Waals surface area contributed by atoms with Crippen molar-refractivity contribution < 1.29 is 28.4 Å². The average Bonchev–Trinajstić information content (AvgIpc) is 3.36. The highest BCUT2D eigenvalue weighted by Crippen LogP contribution is 2.48.